The summed E-state index contributed by atoms with van der Waals surface area (Å²) in [5, 5.41) is 0. The van der Waals surface area contributed by atoms with E-state index in [4.69, 9.17) is 0 Å². The molecule has 1 atom stereocenters. The van der Waals surface area contributed by atoms with Crippen LogP contribution in [0.3, 0.4) is 0 Å². The Bertz CT molecular complexity index is 925. The van der Waals surface area contributed by atoms with Gasteiger partial charge >= 0.3 is 0 Å². The third-order valence-corrected chi connectivity index (χ3v) is 5.73. The quantitative estimate of drug-likeness (QED) is 0.727. The average Bonchev–Trinajstić information content (AvgIpc) is 3.35. The fourth-order valence-corrected chi connectivity index (χ4v) is 4.45. The number of rotatable bonds is 3. The van der Waals surface area contributed by atoms with Gasteiger partial charge in [0.05, 0.1) is 5.69 Å². The van der Waals surface area contributed by atoms with Crippen LogP contribution in [0.2, 0.25) is 0 Å². The van der Waals surface area contributed by atoms with Crippen LogP contribution in [0.4, 0.5) is 0 Å². The van der Waals surface area contributed by atoms with E-state index in [1.807, 2.05) is 12.4 Å². The molecular formula is C23H23N3. The van der Waals surface area contributed by atoms with Crippen molar-refractivity contribution in [2.24, 2.45) is 0 Å². The molecule has 1 saturated heterocycles. The molecular weight excluding hydrogens is 318 g/mol. The lowest BCUT2D eigenvalue weighted by atomic mass is 9.90. The molecule has 1 N–H and O–H groups in total. The van der Waals surface area contributed by atoms with E-state index >= 15 is 0 Å². The third-order valence-electron chi connectivity index (χ3n) is 5.73. The minimum absolute atomic E-state index is 0.624. The highest BCUT2D eigenvalue weighted by Gasteiger charge is 2.28. The molecule has 0 radical (unpaired) electrons. The first-order valence-electron chi connectivity index (χ1n) is 9.52. The molecule has 130 valence electrons. The van der Waals surface area contributed by atoms with Crippen LogP contribution in [-0.2, 0) is 0 Å². The highest BCUT2D eigenvalue weighted by atomic mass is 15.2. The number of H-pyrrole nitrogens is 1. The number of nitrogens with one attached hydrogen (secondary N) is 1. The van der Waals surface area contributed by atoms with Gasteiger partial charge in [0.1, 0.15) is 0 Å². The first-order valence-corrected chi connectivity index (χ1v) is 9.52. The molecule has 5 rings (SSSR count). The van der Waals surface area contributed by atoms with E-state index in [-0.39, 0.29) is 0 Å². The van der Waals surface area contributed by atoms with Crippen molar-refractivity contribution in [1.29, 1.82) is 0 Å². The number of aromatic amines is 1. The number of hydrogen-bond donors (Lipinski definition) is 1. The van der Waals surface area contributed by atoms with Crippen LogP contribution in [-0.4, -0.2) is 34.0 Å². The topological polar surface area (TPSA) is 31.9 Å². The Labute approximate surface area is 154 Å². The highest BCUT2D eigenvalue weighted by molar-refractivity contribution is 5.91. The maximum atomic E-state index is 4.21. The zero-order valence-corrected chi connectivity index (χ0v) is 14.9. The van der Waals surface area contributed by atoms with Gasteiger partial charge in [-0.25, -0.2) is 0 Å². The van der Waals surface area contributed by atoms with Crippen molar-refractivity contribution in [3.8, 4) is 22.4 Å². The second-order valence-electron chi connectivity index (χ2n) is 7.24. The number of aromatic nitrogens is 2. The zero-order chi connectivity index (χ0) is 17.3. The molecule has 1 fully saturated rings. The normalized spacial score (nSPS) is 20.0. The Morgan fingerprint density at radius 2 is 1.81 bits per heavy atom. The number of fused-ring (bicyclic) bond motifs is 1. The van der Waals surface area contributed by atoms with Crippen molar-refractivity contribution in [1.82, 2.24) is 14.9 Å². The van der Waals surface area contributed by atoms with E-state index in [0.29, 0.717) is 6.04 Å². The SMILES string of the molecule is C1=C(c2c[nH]c(-c3ccccc3)c2-c2ccncc2)CCN2CCC[C@@H]12. The predicted molar refractivity (Wildman–Crippen MR) is 107 cm³/mol. The lowest BCUT2D eigenvalue weighted by Gasteiger charge is -2.28. The van der Waals surface area contributed by atoms with E-state index in [1.54, 1.807) is 0 Å². The maximum absolute atomic E-state index is 4.21. The van der Waals surface area contributed by atoms with Gasteiger partial charge in [0.25, 0.3) is 0 Å². The molecule has 0 aliphatic carbocycles. The summed E-state index contributed by atoms with van der Waals surface area (Å²) in [7, 11) is 0. The lowest BCUT2D eigenvalue weighted by Crippen LogP contribution is -2.32. The van der Waals surface area contributed by atoms with E-state index in [0.717, 1.165) is 6.42 Å². The summed E-state index contributed by atoms with van der Waals surface area (Å²) in [5.74, 6) is 0. The molecule has 26 heavy (non-hydrogen) atoms. The fourth-order valence-electron chi connectivity index (χ4n) is 4.45. The monoisotopic (exact) mass is 341 g/mol. The fraction of sp³-hybridized carbons (Fsp3) is 0.261. The minimum atomic E-state index is 0.624. The lowest BCUT2D eigenvalue weighted by molar-refractivity contribution is 0.288. The Kier molecular flexibility index (Phi) is 3.95. The molecule has 0 bridgehead atoms. The highest BCUT2D eigenvalue weighted by Crippen LogP contribution is 2.40. The molecule has 0 amide bonds. The van der Waals surface area contributed by atoms with E-state index in [9.17, 15) is 0 Å². The summed E-state index contributed by atoms with van der Waals surface area (Å²) in [5.41, 5.74) is 7.78. The van der Waals surface area contributed by atoms with Crippen molar-refractivity contribution in [2.45, 2.75) is 25.3 Å². The number of pyridine rings is 1. The number of nitrogens with zero attached hydrogens (tertiary/aromatic N) is 2. The summed E-state index contributed by atoms with van der Waals surface area (Å²) >= 11 is 0. The van der Waals surface area contributed by atoms with Gasteiger partial charge in [-0.2, -0.15) is 0 Å². The van der Waals surface area contributed by atoms with Crippen molar-refractivity contribution >= 4 is 5.57 Å². The van der Waals surface area contributed by atoms with E-state index in [1.165, 1.54) is 59.5 Å². The second kappa shape index (κ2) is 6.58. The van der Waals surface area contributed by atoms with Crippen LogP contribution in [0.1, 0.15) is 24.8 Å². The predicted octanol–water partition coefficient (Wildman–Crippen LogP) is 5.00. The van der Waals surface area contributed by atoms with Crippen molar-refractivity contribution in [2.75, 3.05) is 13.1 Å². The van der Waals surface area contributed by atoms with Crippen LogP contribution in [0.25, 0.3) is 28.0 Å². The van der Waals surface area contributed by atoms with Crippen molar-refractivity contribution < 1.29 is 0 Å². The summed E-state index contributed by atoms with van der Waals surface area (Å²) in [6.45, 7) is 2.44. The maximum Gasteiger partial charge on any atom is 0.0539 e. The van der Waals surface area contributed by atoms with Crippen LogP contribution in [0, 0.1) is 0 Å². The Morgan fingerprint density at radius 3 is 2.65 bits per heavy atom. The molecule has 4 heterocycles. The Hall–Kier alpha value is -2.65. The van der Waals surface area contributed by atoms with Gasteiger partial charge in [0.15, 0.2) is 0 Å². The van der Waals surface area contributed by atoms with Crippen LogP contribution >= 0.6 is 0 Å². The molecule has 3 nitrogen and oxygen atoms in total. The molecule has 3 heteroatoms. The standard InChI is InChI=1S/C23H23N3/c1-2-5-18(6-3-1)23-22(17-8-11-24-12-9-17)21(16-25-23)19-10-14-26-13-4-7-20(26)15-19/h1-3,5-6,8-9,11-12,15-16,20,25H,4,7,10,13-14H2/t20-/m0/s1. The second-order valence-corrected chi connectivity index (χ2v) is 7.24. The van der Waals surface area contributed by atoms with Gasteiger partial charge in [-0.05, 0) is 54.6 Å². The Morgan fingerprint density at radius 1 is 0.962 bits per heavy atom. The first-order chi connectivity index (χ1) is 12.9. The molecule has 0 spiro atoms. The molecule has 0 saturated carbocycles. The van der Waals surface area contributed by atoms with Gasteiger partial charge in [0.2, 0.25) is 0 Å². The number of hydrogen-bond acceptors (Lipinski definition) is 2. The molecule has 2 aromatic heterocycles. The van der Waals surface area contributed by atoms with Gasteiger partial charge < -0.3 is 4.98 Å². The smallest absolute Gasteiger partial charge is 0.0539 e. The molecule has 2 aliphatic heterocycles. The largest absolute Gasteiger partial charge is 0.360 e. The molecule has 3 aromatic rings. The van der Waals surface area contributed by atoms with Gasteiger partial charge in [0, 0.05) is 42.3 Å². The van der Waals surface area contributed by atoms with E-state index in [2.05, 4.69) is 69.6 Å². The van der Waals surface area contributed by atoms with Crippen molar-refractivity contribution in [3.05, 3.63) is 72.7 Å². The van der Waals surface area contributed by atoms with Crippen LogP contribution < -0.4 is 0 Å². The van der Waals surface area contributed by atoms with Gasteiger partial charge in [-0.15, -0.1) is 0 Å². The summed E-state index contributed by atoms with van der Waals surface area (Å²) < 4.78 is 0. The van der Waals surface area contributed by atoms with Gasteiger partial charge in [-0.1, -0.05) is 36.4 Å². The van der Waals surface area contributed by atoms with Crippen LogP contribution in [0.15, 0.2) is 67.1 Å². The summed E-state index contributed by atoms with van der Waals surface area (Å²) in [6, 6.07) is 15.5. The summed E-state index contributed by atoms with van der Waals surface area (Å²) in [6.07, 6.45) is 12.2. The molecule has 0 unspecified atom stereocenters. The molecule has 1 aromatic carbocycles. The van der Waals surface area contributed by atoms with Gasteiger partial charge in [-0.3, -0.25) is 9.88 Å². The van der Waals surface area contributed by atoms with E-state index < -0.39 is 0 Å². The number of benzene rings is 1. The Balaban J connectivity index is 1.66. The first kappa shape index (κ1) is 15.6. The van der Waals surface area contributed by atoms with Crippen molar-refractivity contribution in [3.63, 3.8) is 0 Å². The van der Waals surface area contributed by atoms with Crippen LogP contribution in [0.5, 0.6) is 0 Å². The zero-order valence-electron chi connectivity index (χ0n) is 14.9. The third kappa shape index (κ3) is 2.69. The minimum Gasteiger partial charge on any atom is -0.360 e. The molecule has 2 aliphatic rings. The summed E-state index contributed by atoms with van der Waals surface area (Å²) in [4.78, 5) is 10.4. The average molecular weight is 341 g/mol.